The first-order chi connectivity index (χ1) is 7.41. The number of hydrogen-bond acceptors (Lipinski definition) is 2. The first-order valence-corrected chi connectivity index (χ1v) is 5.64. The molecule has 0 bridgehead atoms. The highest BCUT2D eigenvalue weighted by Gasteiger charge is 2.14. The van der Waals surface area contributed by atoms with Gasteiger partial charge in [0.2, 0.25) is 0 Å². The Morgan fingerprint density at radius 1 is 1.62 bits per heavy atom. The van der Waals surface area contributed by atoms with Crippen molar-refractivity contribution in [1.82, 2.24) is 4.90 Å². The van der Waals surface area contributed by atoms with Gasteiger partial charge in [-0.2, -0.15) is 0 Å². The summed E-state index contributed by atoms with van der Waals surface area (Å²) < 4.78 is 13.4. The van der Waals surface area contributed by atoms with Gasteiger partial charge in [-0.3, -0.25) is 4.90 Å². The highest BCUT2D eigenvalue weighted by atomic mass is 35.5. The molecule has 0 aliphatic rings. The topological polar surface area (TPSA) is 29.3 Å². The van der Waals surface area contributed by atoms with Gasteiger partial charge in [0.05, 0.1) is 11.0 Å². The quantitative estimate of drug-likeness (QED) is 0.844. The number of rotatable bonds is 4. The van der Waals surface area contributed by atoms with E-state index < -0.39 is 0 Å². The van der Waals surface area contributed by atoms with Crippen LogP contribution >= 0.6 is 23.8 Å². The van der Waals surface area contributed by atoms with Gasteiger partial charge in [-0.15, -0.1) is 0 Å². The predicted molar refractivity (Wildman–Crippen MR) is 69.1 cm³/mol. The zero-order valence-corrected chi connectivity index (χ0v) is 10.8. The third-order valence-electron chi connectivity index (χ3n) is 2.50. The number of benzene rings is 1. The van der Waals surface area contributed by atoms with E-state index in [1.54, 1.807) is 6.07 Å². The van der Waals surface area contributed by atoms with E-state index in [0.29, 0.717) is 22.1 Å². The van der Waals surface area contributed by atoms with Crippen LogP contribution in [0.4, 0.5) is 4.39 Å². The molecule has 2 N–H and O–H groups in total. The van der Waals surface area contributed by atoms with Gasteiger partial charge >= 0.3 is 0 Å². The summed E-state index contributed by atoms with van der Waals surface area (Å²) in [6.07, 6.45) is 0. The summed E-state index contributed by atoms with van der Waals surface area (Å²) in [5, 5.41) is 0.521. The second-order valence-corrected chi connectivity index (χ2v) is 4.64. The summed E-state index contributed by atoms with van der Waals surface area (Å²) in [5.41, 5.74) is 6.07. The van der Waals surface area contributed by atoms with Gasteiger partial charge in [0.15, 0.2) is 0 Å². The molecular weight excluding hydrogens is 247 g/mol. The number of likely N-dealkylation sites (N-methyl/N-ethyl adjacent to an activating group) is 1. The molecule has 0 spiro atoms. The largest absolute Gasteiger partial charge is 0.392 e. The van der Waals surface area contributed by atoms with Crippen molar-refractivity contribution in [3.8, 4) is 0 Å². The van der Waals surface area contributed by atoms with Crippen molar-refractivity contribution in [2.24, 2.45) is 5.73 Å². The summed E-state index contributed by atoms with van der Waals surface area (Å²) in [6.45, 7) is 2.30. The summed E-state index contributed by atoms with van der Waals surface area (Å²) >= 11 is 10.7. The molecule has 0 heterocycles. The van der Waals surface area contributed by atoms with Crippen LogP contribution in [0.15, 0.2) is 18.2 Å². The number of halogens is 2. The Hall–Kier alpha value is -0.710. The van der Waals surface area contributed by atoms with Crippen molar-refractivity contribution in [1.29, 1.82) is 0 Å². The van der Waals surface area contributed by atoms with Crippen molar-refractivity contribution in [2.75, 3.05) is 7.05 Å². The van der Waals surface area contributed by atoms with Gasteiger partial charge in [-0.25, -0.2) is 4.39 Å². The first kappa shape index (κ1) is 13.4. The smallest absolute Gasteiger partial charge is 0.127 e. The van der Waals surface area contributed by atoms with E-state index in [1.807, 2.05) is 18.9 Å². The summed E-state index contributed by atoms with van der Waals surface area (Å²) in [7, 11) is 1.84. The molecule has 0 aromatic heterocycles. The molecular formula is C11H14ClFN2S. The monoisotopic (exact) mass is 260 g/mol. The Balaban J connectivity index is 2.80. The maximum Gasteiger partial charge on any atom is 0.127 e. The van der Waals surface area contributed by atoms with Crippen LogP contribution < -0.4 is 5.73 Å². The Morgan fingerprint density at radius 2 is 2.25 bits per heavy atom. The number of thiocarbonyl (C=S) groups is 1. The zero-order valence-electron chi connectivity index (χ0n) is 9.21. The molecule has 88 valence electrons. The summed E-state index contributed by atoms with van der Waals surface area (Å²) in [6, 6.07) is 4.42. The molecule has 0 fully saturated rings. The lowest BCUT2D eigenvalue weighted by molar-refractivity contribution is 0.299. The zero-order chi connectivity index (χ0) is 12.3. The molecule has 1 unspecified atom stereocenters. The molecule has 0 saturated carbocycles. The van der Waals surface area contributed by atoms with Crippen LogP contribution in [0.25, 0.3) is 0 Å². The van der Waals surface area contributed by atoms with Gasteiger partial charge in [-0.05, 0) is 32.2 Å². The normalized spacial score (nSPS) is 12.8. The van der Waals surface area contributed by atoms with Gasteiger partial charge in [0.25, 0.3) is 0 Å². The van der Waals surface area contributed by atoms with Crippen LogP contribution in [-0.4, -0.2) is 23.0 Å². The molecule has 1 rings (SSSR count). The number of hydrogen-bond donors (Lipinski definition) is 1. The molecule has 0 amide bonds. The fraction of sp³-hybridized carbons (Fsp3) is 0.364. The molecule has 1 aromatic rings. The molecule has 2 nitrogen and oxygen atoms in total. The molecule has 5 heteroatoms. The molecule has 0 radical (unpaired) electrons. The van der Waals surface area contributed by atoms with Crippen LogP contribution in [0.1, 0.15) is 12.5 Å². The van der Waals surface area contributed by atoms with Crippen molar-refractivity contribution < 1.29 is 4.39 Å². The van der Waals surface area contributed by atoms with Crippen molar-refractivity contribution >= 4 is 28.8 Å². The molecule has 0 aliphatic carbocycles. The second-order valence-electron chi connectivity index (χ2n) is 3.73. The van der Waals surface area contributed by atoms with E-state index in [-0.39, 0.29) is 11.9 Å². The van der Waals surface area contributed by atoms with E-state index in [0.717, 1.165) is 0 Å². The Morgan fingerprint density at radius 3 is 2.81 bits per heavy atom. The van der Waals surface area contributed by atoms with E-state index in [1.165, 1.54) is 12.1 Å². The summed E-state index contributed by atoms with van der Waals surface area (Å²) in [4.78, 5) is 2.27. The van der Waals surface area contributed by atoms with E-state index in [4.69, 9.17) is 29.6 Å². The van der Waals surface area contributed by atoms with Crippen molar-refractivity contribution in [2.45, 2.75) is 19.5 Å². The standard InChI is InChI=1S/C11H14ClFN2S/c1-7(11(14)16)15(2)6-8-5-9(12)3-4-10(8)13/h3-5,7H,6H2,1-2H3,(H2,14,16). The number of nitrogens with zero attached hydrogens (tertiary/aromatic N) is 1. The van der Waals surface area contributed by atoms with Crippen molar-refractivity contribution in [3.63, 3.8) is 0 Å². The van der Waals surface area contributed by atoms with Crippen molar-refractivity contribution in [3.05, 3.63) is 34.6 Å². The first-order valence-electron chi connectivity index (χ1n) is 4.85. The Bertz CT molecular complexity index is 398. The third kappa shape index (κ3) is 3.40. The van der Waals surface area contributed by atoms with Gasteiger partial charge in [-0.1, -0.05) is 23.8 Å². The van der Waals surface area contributed by atoms with Gasteiger partial charge in [0.1, 0.15) is 5.82 Å². The minimum atomic E-state index is -0.272. The highest BCUT2D eigenvalue weighted by molar-refractivity contribution is 7.80. The molecule has 0 saturated heterocycles. The molecule has 16 heavy (non-hydrogen) atoms. The number of nitrogens with two attached hydrogens (primary N) is 1. The third-order valence-corrected chi connectivity index (χ3v) is 3.08. The fourth-order valence-corrected chi connectivity index (χ4v) is 1.66. The van der Waals surface area contributed by atoms with E-state index in [2.05, 4.69) is 0 Å². The lowest BCUT2D eigenvalue weighted by Crippen LogP contribution is -2.38. The van der Waals surface area contributed by atoms with Crippen LogP contribution in [0.2, 0.25) is 5.02 Å². The lowest BCUT2D eigenvalue weighted by atomic mass is 10.2. The van der Waals surface area contributed by atoms with Crippen LogP contribution in [0.3, 0.4) is 0 Å². The molecule has 1 atom stereocenters. The molecule has 0 aliphatic heterocycles. The lowest BCUT2D eigenvalue weighted by Gasteiger charge is -2.23. The minimum absolute atomic E-state index is 0.0756. The second kappa shape index (κ2) is 5.57. The average Bonchev–Trinajstić information content (AvgIpc) is 2.22. The van der Waals surface area contributed by atoms with E-state index in [9.17, 15) is 4.39 Å². The van der Waals surface area contributed by atoms with Crippen LogP contribution in [0, 0.1) is 5.82 Å². The maximum absolute atomic E-state index is 13.4. The minimum Gasteiger partial charge on any atom is -0.392 e. The van der Waals surface area contributed by atoms with Crippen LogP contribution in [-0.2, 0) is 6.54 Å². The fourth-order valence-electron chi connectivity index (χ4n) is 1.29. The maximum atomic E-state index is 13.4. The van der Waals surface area contributed by atoms with E-state index >= 15 is 0 Å². The Kier molecular flexibility index (Phi) is 4.65. The van der Waals surface area contributed by atoms with Crippen LogP contribution in [0.5, 0.6) is 0 Å². The molecule has 1 aromatic carbocycles. The SMILES string of the molecule is CC(C(N)=S)N(C)Cc1cc(Cl)ccc1F. The Labute approximate surface area is 105 Å². The summed E-state index contributed by atoms with van der Waals surface area (Å²) in [5.74, 6) is -0.272. The van der Waals surface area contributed by atoms with Gasteiger partial charge in [0, 0.05) is 17.1 Å². The van der Waals surface area contributed by atoms with Gasteiger partial charge < -0.3 is 5.73 Å². The highest BCUT2D eigenvalue weighted by Crippen LogP contribution is 2.17. The average molecular weight is 261 g/mol. The predicted octanol–water partition coefficient (Wildman–Crippen LogP) is 2.59.